The first-order valence-electron chi connectivity index (χ1n) is 6.12. The van der Waals surface area contributed by atoms with Gasteiger partial charge in [0.05, 0.1) is 10.2 Å². The van der Waals surface area contributed by atoms with Gasteiger partial charge in [0.1, 0.15) is 12.4 Å². The van der Waals surface area contributed by atoms with Crippen LogP contribution in [0.1, 0.15) is 31.1 Å². The number of rotatable bonds is 5. The fraction of sp³-hybridized carbons (Fsp3) is 0.357. The van der Waals surface area contributed by atoms with Crippen molar-refractivity contribution in [1.82, 2.24) is 9.78 Å². The molecule has 0 unspecified atom stereocenters. The number of nitrogens with zero attached hydrogens (tertiary/aromatic N) is 2. The van der Waals surface area contributed by atoms with E-state index in [1.165, 1.54) is 0 Å². The summed E-state index contributed by atoms with van der Waals surface area (Å²) < 4.78 is 8.79. The van der Waals surface area contributed by atoms with Gasteiger partial charge >= 0.3 is 0 Å². The first-order valence-corrected chi connectivity index (χ1v) is 8.03. The van der Waals surface area contributed by atoms with E-state index in [1.54, 1.807) is 0 Å². The minimum absolute atomic E-state index is 0.371. The van der Waals surface area contributed by atoms with Crippen molar-refractivity contribution in [2.45, 2.75) is 31.8 Å². The second-order valence-corrected chi connectivity index (χ2v) is 5.95. The van der Waals surface area contributed by atoms with Crippen LogP contribution < -0.4 is 4.74 Å². The largest absolute Gasteiger partial charge is 0.486 e. The summed E-state index contributed by atoms with van der Waals surface area (Å²) >= 11 is 6.99. The van der Waals surface area contributed by atoms with Crippen LogP contribution >= 0.6 is 31.9 Å². The van der Waals surface area contributed by atoms with Crippen LogP contribution in [0.3, 0.4) is 0 Å². The number of para-hydroxylation sites is 1. The minimum Gasteiger partial charge on any atom is -0.486 e. The molecular weight excluding hydrogens is 372 g/mol. The molecule has 2 aromatic rings. The summed E-state index contributed by atoms with van der Waals surface area (Å²) in [5, 5.41) is 5.24. The Balaban J connectivity index is 2.09. The maximum Gasteiger partial charge on any atom is 0.138 e. The van der Waals surface area contributed by atoms with Crippen LogP contribution in [0.15, 0.2) is 34.9 Å². The fourth-order valence-corrected chi connectivity index (χ4v) is 2.67. The predicted octanol–water partition coefficient (Wildman–Crippen LogP) is 4.70. The van der Waals surface area contributed by atoms with Gasteiger partial charge in [-0.3, -0.25) is 4.68 Å². The molecule has 0 bridgehead atoms. The molecule has 19 heavy (non-hydrogen) atoms. The highest BCUT2D eigenvalue weighted by Gasteiger charge is 2.09. The average Bonchev–Trinajstić information content (AvgIpc) is 2.86. The predicted molar refractivity (Wildman–Crippen MR) is 83.7 cm³/mol. The van der Waals surface area contributed by atoms with Crippen LogP contribution in [0.2, 0.25) is 0 Å². The highest BCUT2D eigenvalue weighted by Crippen LogP contribution is 2.31. The molecule has 0 N–H and O–H groups in total. The lowest BCUT2D eigenvalue weighted by Crippen LogP contribution is -2.04. The lowest BCUT2D eigenvalue weighted by Gasteiger charge is -2.11. The number of benzene rings is 1. The van der Waals surface area contributed by atoms with E-state index in [9.17, 15) is 0 Å². The Morgan fingerprint density at radius 2 is 2.11 bits per heavy atom. The molecule has 3 nitrogen and oxygen atoms in total. The standard InChI is InChI=1S/C14H16Br2N2O/c1-10(2)18-7-6-12(17-18)9-19-14-11(8-15)4-3-5-13(14)16/h3-7,10H,8-9H2,1-2H3. The summed E-state index contributed by atoms with van der Waals surface area (Å²) in [5.41, 5.74) is 2.06. The highest BCUT2D eigenvalue weighted by atomic mass is 79.9. The van der Waals surface area contributed by atoms with Crippen molar-refractivity contribution in [2.24, 2.45) is 0 Å². The number of halogens is 2. The average molecular weight is 388 g/mol. The Morgan fingerprint density at radius 1 is 1.32 bits per heavy atom. The van der Waals surface area contributed by atoms with Crippen molar-refractivity contribution in [3.05, 3.63) is 46.2 Å². The van der Waals surface area contributed by atoms with Gasteiger partial charge in [-0.2, -0.15) is 5.10 Å². The quantitative estimate of drug-likeness (QED) is 0.695. The van der Waals surface area contributed by atoms with E-state index in [2.05, 4.69) is 50.8 Å². The summed E-state index contributed by atoms with van der Waals surface area (Å²) in [4.78, 5) is 0. The Kier molecular flexibility index (Phi) is 5.05. The second-order valence-electron chi connectivity index (χ2n) is 4.53. The monoisotopic (exact) mass is 386 g/mol. The maximum atomic E-state index is 5.89. The van der Waals surface area contributed by atoms with Crippen molar-refractivity contribution >= 4 is 31.9 Å². The third-order valence-corrected chi connectivity index (χ3v) is 3.98. The zero-order valence-electron chi connectivity index (χ0n) is 10.9. The topological polar surface area (TPSA) is 27.1 Å². The molecule has 0 aliphatic heterocycles. The minimum atomic E-state index is 0.371. The molecule has 5 heteroatoms. The number of aromatic nitrogens is 2. The van der Waals surface area contributed by atoms with E-state index in [1.807, 2.05) is 35.1 Å². The molecule has 0 atom stereocenters. The van der Waals surface area contributed by atoms with Gasteiger partial charge in [-0.1, -0.05) is 28.1 Å². The summed E-state index contributed by atoms with van der Waals surface area (Å²) in [6.45, 7) is 4.69. The molecular formula is C14H16Br2N2O. The molecule has 0 spiro atoms. The van der Waals surface area contributed by atoms with Crippen LogP contribution in [-0.2, 0) is 11.9 Å². The Hall–Kier alpha value is -0.810. The third kappa shape index (κ3) is 3.60. The van der Waals surface area contributed by atoms with E-state index < -0.39 is 0 Å². The molecule has 0 amide bonds. The summed E-state index contributed by atoms with van der Waals surface area (Å²) in [6.07, 6.45) is 1.98. The van der Waals surface area contributed by atoms with Gasteiger partial charge in [-0.15, -0.1) is 0 Å². The molecule has 0 aliphatic rings. The molecule has 0 radical (unpaired) electrons. The second kappa shape index (κ2) is 6.57. The molecule has 0 aliphatic carbocycles. The van der Waals surface area contributed by atoms with Gasteiger partial charge < -0.3 is 4.74 Å². The zero-order chi connectivity index (χ0) is 13.8. The lowest BCUT2D eigenvalue weighted by molar-refractivity contribution is 0.294. The normalized spacial score (nSPS) is 11.0. The number of alkyl halides is 1. The molecule has 0 saturated heterocycles. The number of ether oxygens (including phenoxy) is 1. The Bertz CT molecular complexity index is 552. The highest BCUT2D eigenvalue weighted by molar-refractivity contribution is 9.10. The van der Waals surface area contributed by atoms with Crippen molar-refractivity contribution in [3.63, 3.8) is 0 Å². The first kappa shape index (κ1) is 14.6. The zero-order valence-corrected chi connectivity index (χ0v) is 14.1. The van der Waals surface area contributed by atoms with Gasteiger partial charge in [-0.25, -0.2) is 0 Å². The summed E-state index contributed by atoms with van der Waals surface area (Å²) in [6, 6.07) is 8.39. The molecule has 102 valence electrons. The van der Waals surface area contributed by atoms with Crippen molar-refractivity contribution in [3.8, 4) is 5.75 Å². The van der Waals surface area contributed by atoms with E-state index in [0.29, 0.717) is 12.6 Å². The molecule has 0 fully saturated rings. The van der Waals surface area contributed by atoms with E-state index in [0.717, 1.165) is 26.8 Å². The van der Waals surface area contributed by atoms with Gasteiger partial charge in [0.25, 0.3) is 0 Å². The van der Waals surface area contributed by atoms with Gasteiger partial charge in [0.15, 0.2) is 0 Å². The fourth-order valence-electron chi connectivity index (χ4n) is 1.71. The Morgan fingerprint density at radius 3 is 2.74 bits per heavy atom. The van der Waals surface area contributed by atoms with Crippen LogP contribution in [0, 0.1) is 0 Å². The first-order chi connectivity index (χ1) is 9.11. The van der Waals surface area contributed by atoms with Crippen LogP contribution in [0.4, 0.5) is 0 Å². The van der Waals surface area contributed by atoms with Gasteiger partial charge in [0, 0.05) is 23.1 Å². The van der Waals surface area contributed by atoms with E-state index in [-0.39, 0.29) is 0 Å². The van der Waals surface area contributed by atoms with E-state index in [4.69, 9.17) is 4.74 Å². The third-order valence-electron chi connectivity index (χ3n) is 2.75. The molecule has 1 heterocycles. The van der Waals surface area contributed by atoms with Crippen molar-refractivity contribution in [1.29, 1.82) is 0 Å². The lowest BCUT2D eigenvalue weighted by atomic mass is 10.2. The molecule has 0 saturated carbocycles. The van der Waals surface area contributed by atoms with Crippen molar-refractivity contribution < 1.29 is 4.74 Å². The summed E-state index contributed by atoms with van der Waals surface area (Å²) in [5.74, 6) is 0.874. The van der Waals surface area contributed by atoms with Gasteiger partial charge in [-0.05, 0) is 41.9 Å². The molecule has 2 rings (SSSR count). The smallest absolute Gasteiger partial charge is 0.138 e. The SMILES string of the molecule is CC(C)n1ccc(COc2c(Br)cccc2CBr)n1. The summed E-state index contributed by atoms with van der Waals surface area (Å²) in [7, 11) is 0. The van der Waals surface area contributed by atoms with Crippen molar-refractivity contribution in [2.75, 3.05) is 0 Å². The van der Waals surface area contributed by atoms with Crippen LogP contribution in [0.25, 0.3) is 0 Å². The maximum absolute atomic E-state index is 5.89. The van der Waals surface area contributed by atoms with E-state index >= 15 is 0 Å². The molecule has 1 aromatic carbocycles. The van der Waals surface area contributed by atoms with Gasteiger partial charge in [0.2, 0.25) is 0 Å². The number of hydrogen-bond donors (Lipinski definition) is 0. The van der Waals surface area contributed by atoms with Crippen LogP contribution in [0.5, 0.6) is 5.75 Å². The van der Waals surface area contributed by atoms with Crippen LogP contribution in [-0.4, -0.2) is 9.78 Å². The molecule has 1 aromatic heterocycles. The number of hydrogen-bond acceptors (Lipinski definition) is 2. The Labute approximate surface area is 130 Å².